The van der Waals surface area contributed by atoms with E-state index in [9.17, 15) is 4.39 Å². The van der Waals surface area contributed by atoms with Gasteiger partial charge in [-0.05, 0) is 17.0 Å². The molecule has 3 nitrogen and oxygen atoms in total. The molecule has 0 saturated carbocycles. The lowest BCUT2D eigenvalue weighted by atomic mass is 9.95. The zero-order valence-corrected chi connectivity index (χ0v) is 10.1. The van der Waals surface area contributed by atoms with E-state index in [4.69, 9.17) is 5.73 Å². The fourth-order valence-electron chi connectivity index (χ4n) is 2.21. The van der Waals surface area contributed by atoms with Crippen LogP contribution < -0.4 is 5.73 Å². The van der Waals surface area contributed by atoms with E-state index in [-0.39, 0.29) is 11.9 Å². The molecule has 1 heterocycles. The van der Waals surface area contributed by atoms with Crippen LogP contribution in [0.25, 0.3) is 10.8 Å². The molecule has 0 amide bonds. The summed E-state index contributed by atoms with van der Waals surface area (Å²) < 4.78 is 13.8. The standard InChI is InChI=1S/C15H12FN3/c16-14-6-5-13(11-3-1-2-4-12(11)14)15(17)10-7-18-9-19-8-10/h1-9,15H,17H2. The summed E-state index contributed by atoms with van der Waals surface area (Å²) in [6, 6.07) is 10.1. The Labute approximate surface area is 109 Å². The van der Waals surface area contributed by atoms with Gasteiger partial charge in [0.2, 0.25) is 0 Å². The number of hydrogen-bond donors (Lipinski definition) is 1. The molecule has 1 atom stereocenters. The first-order valence-electron chi connectivity index (χ1n) is 5.95. The van der Waals surface area contributed by atoms with Gasteiger partial charge in [0.05, 0.1) is 6.04 Å². The lowest BCUT2D eigenvalue weighted by Crippen LogP contribution is -2.13. The first kappa shape index (κ1) is 11.7. The van der Waals surface area contributed by atoms with Crippen LogP contribution in [0, 0.1) is 5.82 Å². The van der Waals surface area contributed by atoms with Gasteiger partial charge in [-0.3, -0.25) is 0 Å². The number of aromatic nitrogens is 2. The van der Waals surface area contributed by atoms with Gasteiger partial charge in [0.15, 0.2) is 0 Å². The Bertz CT molecular complexity index is 713. The number of rotatable bonds is 2. The van der Waals surface area contributed by atoms with Gasteiger partial charge in [-0.2, -0.15) is 0 Å². The Morgan fingerprint density at radius 3 is 2.37 bits per heavy atom. The number of nitrogens with two attached hydrogens (primary N) is 1. The van der Waals surface area contributed by atoms with Gasteiger partial charge in [0, 0.05) is 23.3 Å². The molecule has 0 bridgehead atoms. The SMILES string of the molecule is NC(c1cncnc1)c1ccc(F)c2ccccc12. The van der Waals surface area contributed by atoms with Gasteiger partial charge in [0.25, 0.3) is 0 Å². The second-order valence-electron chi connectivity index (χ2n) is 4.33. The summed E-state index contributed by atoms with van der Waals surface area (Å²) >= 11 is 0. The third-order valence-electron chi connectivity index (χ3n) is 3.18. The van der Waals surface area contributed by atoms with Crippen LogP contribution in [0.4, 0.5) is 4.39 Å². The summed E-state index contributed by atoms with van der Waals surface area (Å²) in [5.41, 5.74) is 7.90. The van der Waals surface area contributed by atoms with E-state index >= 15 is 0 Å². The van der Waals surface area contributed by atoms with E-state index in [1.54, 1.807) is 24.5 Å². The summed E-state index contributed by atoms with van der Waals surface area (Å²) in [7, 11) is 0. The Morgan fingerprint density at radius 2 is 1.63 bits per heavy atom. The van der Waals surface area contributed by atoms with E-state index in [0.29, 0.717) is 5.39 Å². The topological polar surface area (TPSA) is 51.8 Å². The average molecular weight is 253 g/mol. The zero-order chi connectivity index (χ0) is 13.2. The van der Waals surface area contributed by atoms with Crippen molar-refractivity contribution in [2.45, 2.75) is 6.04 Å². The highest BCUT2D eigenvalue weighted by molar-refractivity contribution is 5.87. The highest BCUT2D eigenvalue weighted by atomic mass is 19.1. The number of hydrogen-bond acceptors (Lipinski definition) is 3. The minimum atomic E-state index is -0.369. The van der Waals surface area contributed by atoms with Crippen molar-refractivity contribution in [3.8, 4) is 0 Å². The second kappa shape index (κ2) is 4.74. The van der Waals surface area contributed by atoms with Crippen molar-refractivity contribution in [1.82, 2.24) is 9.97 Å². The summed E-state index contributed by atoms with van der Waals surface area (Å²) in [6.45, 7) is 0. The maximum Gasteiger partial charge on any atom is 0.131 e. The third kappa shape index (κ3) is 2.06. The van der Waals surface area contributed by atoms with Gasteiger partial charge in [0.1, 0.15) is 12.1 Å². The molecule has 3 rings (SSSR count). The van der Waals surface area contributed by atoms with E-state index < -0.39 is 0 Å². The van der Waals surface area contributed by atoms with Crippen molar-refractivity contribution in [3.63, 3.8) is 0 Å². The molecular formula is C15H12FN3. The van der Waals surface area contributed by atoms with Gasteiger partial charge in [-0.25, -0.2) is 14.4 Å². The maximum atomic E-state index is 13.8. The van der Waals surface area contributed by atoms with E-state index in [1.165, 1.54) is 12.4 Å². The van der Waals surface area contributed by atoms with E-state index in [0.717, 1.165) is 16.5 Å². The first-order valence-corrected chi connectivity index (χ1v) is 5.95. The Kier molecular flexibility index (Phi) is 2.93. The van der Waals surface area contributed by atoms with Crippen LogP contribution in [-0.4, -0.2) is 9.97 Å². The lowest BCUT2D eigenvalue weighted by molar-refractivity contribution is 0.639. The normalized spacial score (nSPS) is 12.5. The van der Waals surface area contributed by atoms with E-state index in [1.807, 2.05) is 18.2 Å². The van der Waals surface area contributed by atoms with E-state index in [2.05, 4.69) is 9.97 Å². The zero-order valence-electron chi connectivity index (χ0n) is 10.1. The summed E-state index contributed by atoms with van der Waals surface area (Å²) in [6.07, 6.45) is 4.81. The summed E-state index contributed by atoms with van der Waals surface area (Å²) in [5.74, 6) is -0.240. The highest BCUT2D eigenvalue weighted by Gasteiger charge is 2.14. The largest absolute Gasteiger partial charge is 0.320 e. The molecule has 3 aromatic rings. The maximum absolute atomic E-state index is 13.8. The molecule has 1 unspecified atom stereocenters. The summed E-state index contributed by atoms with van der Waals surface area (Å²) in [5, 5.41) is 1.39. The fourth-order valence-corrected chi connectivity index (χ4v) is 2.21. The summed E-state index contributed by atoms with van der Waals surface area (Å²) in [4.78, 5) is 7.93. The van der Waals surface area contributed by atoms with Crippen LogP contribution in [0.2, 0.25) is 0 Å². The number of nitrogens with zero attached hydrogens (tertiary/aromatic N) is 2. The average Bonchev–Trinajstić information content (AvgIpc) is 2.48. The van der Waals surface area contributed by atoms with Crippen molar-refractivity contribution in [1.29, 1.82) is 0 Å². The quantitative estimate of drug-likeness (QED) is 0.764. The minimum Gasteiger partial charge on any atom is -0.320 e. The number of fused-ring (bicyclic) bond motifs is 1. The van der Waals surface area contributed by atoms with Crippen LogP contribution in [0.1, 0.15) is 17.2 Å². The molecule has 4 heteroatoms. The van der Waals surface area contributed by atoms with Gasteiger partial charge >= 0.3 is 0 Å². The molecule has 0 radical (unpaired) electrons. The molecule has 0 aliphatic heterocycles. The Hall–Kier alpha value is -2.33. The van der Waals surface area contributed by atoms with Crippen molar-refractivity contribution in [2.75, 3.05) is 0 Å². The number of halogens is 1. The van der Waals surface area contributed by atoms with Gasteiger partial charge in [-0.15, -0.1) is 0 Å². The third-order valence-corrected chi connectivity index (χ3v) is 3.18. The molecular weight excluding hydrogens is 241 g/mol. The van der Waals surface area contributed by atoms with Crippen molar-refractivity contribution in [3.05, 3.63) is 72.1 Å². The Morgan fingerprint density at radius 1 is 0.947 bits per heavy atom. The second-order valence-corrected chi connectivity index (χ2v) is 4.33. The molecule has 94 valence electrons. The van der Waals surface area contributed by atoms with Crippen molar-refractivity contribution < 1.29 is 4.39 Å². The van der Waals surface area contributed by atoms with Crippen LogP contribution in [0.3, 0.4) is 0 Å². The molecule has 0 aliphatic carbocycles. The lowest BCUT2D eigenvalue weighted by Gasteiger charge is -2.14. The fraction of sp³-hybridized carbons (Fsp3) is 0.0667. The first-order chi connectivity index (χ1) is 9.27. The number of benzene rings is 2. The van der Waals surface area contributed by atoms with Crippen molar-refractivity contribution >= 4 is 10.8 Å². The molecule has 0 aliphatic rings. The van der Waals surface area contributed by atoms with Gasteiger partial charge in [-0.1, -0.05) is 30.3 Å². The van der Waals surface area contributed by atoms with Crippen molar-refractivity contribution in [2.24, 2.45) is 5.73 Å². The molecule has 19 heavy (non-hydrogen) atoms. The smallest absolute Gasteiger partial charge is 0.131 e. The predicted molar refractivity (Wildman–Crippen MR) is 72.0 cm³/mol. The molecule has 2 N–H and O–H groups in total. The molecule has 1 aromatic heterocycles. The molecule has 0 saturated heterocycles. The monoisotopic (exact) mass is 253 g/mol. The van der Waals surface area contributed by atoms with Crippen LogP contribution in [0.15, 0.2) is 55.1 Å². The minimum absolute atomic E-state index is 0.240. The van der Waals surface area contributed by atoms with Gasteiger partial charge < -0.3 is 5.73 Å². The van der Waals surface area contributed by atoms with Crippen LogP contribution in [0.5, 0.6) is 0 Å². The molecule has 2 aromatic carbocycles. The highest BCUT2D eigenvalue weighted by Crippen LogP contribution is 2.28. The predicted octanol–water partition coefficient (Wildman–Crippen LogP) is 2.82. The van der Waals surface area contributed by atoms with Crippen LogP contribution in [-0.2, 0) is 0 Å². The molecule has 0 fully saturated rings. The molecule has 0 spiro atoms. The van der Waals surface area contributed by atoms with Crippen LogP contribution >= 0.6 is 0 Å². The Balaban J connectivity index is 2.18.